The van der Waals surface area contributed by atoms with Gasteiger partial charge in [-0.1, -0.05) is 17.3 Å². The molecule has 0 atom stereocenters. The molecular formula is C24H32N8O5S2. The molecule has 1 saturated heterocycles. The van der Waals surface area contributed by atoms with Crippen molar-refractivity contribution in [3.63, 3.8) is 0 Å². The lowest BCUT2D eigenvalue weighted by molar-refractivity contribution is -0.110. The molecule has 1 aliphatic rings. The molecule has 1 aliphatic heterocycles. The fourth-order valence-corrected chi connectivity index (χ4v) is 5.97. The summed E-state index contributed by atoms with van der Waals surface area (Å²) in [6, 6.07) is 5.96. The number of amides is 1. The number of hydrogen-bond donors (Lipinski definition) is 2. The first-order valence-corrected chi connectivity index (χ1v) is 14.8. The second-order valence-electron chi connectivity index (χ2n) is 9.00. The number of nitrogens with one attached hydrogen (secondary N) is 2. The third-order valence-electron chi connectivity index (χ3n) is 6.03. The molecule has 1 aromatic carbocycles. The van der Waals surface area contributed by atoms with Crippen LogP contribution in [0.15, 0.2) is 46.8 Å². The van der Waals surface area contributed by atoms with Gasteiger partial charge < -0.3 is 14.5 Å². The number of aromatic amines is 1. The Hall–Kier alpha value is -3.24. The first kappa shape index (κ1) is 28.8. The smallest absolute Gasteiger partial charge is 0.280 e. The van der Waals surface area contributed by atoms with Crippen molar-refractivity contribution in [1.82, 2.24) is 30.0 Å². The lowest BCUT2D eigenvalue weighted by atomic mass is 10.1. The third kappa shape index (κ3) is 8.37. The SMILES string of the molecule is COCCCS(=O)(=O)c1ccc(/C(=N\OCc2ncn[nH]2)C(=O)Nc2ncc(CN3CCN(C)CC3)s2)cc1. The van der Waals surface area contributed by atoms with Crippen molar-refractivity contribution in [2.45, 2.75) is 24.5 Å². The van der Waals surface area contributed by atoms with Crippen LogP contribution in [0.5, 0.6) is 0 Å². The number of methoxy groups -OCH3 is 1. The number of rotatable bonds is 13. The van der Waals surface area contributed by atoms with Gasteiger partial charge in [0.25, 0.3) is 5.91 Å². The Balaban J connectivity index is 1.46. The molecule has 3 aromatic rings. The standard InChI is InChI=1S/C24H32N8O5S2/c1-31-8-10-32(11-9-31)15-19-14-25-24(38-19)28-23(33)22(30-37-16-21-26-17-27-29-21)18-4-6-20(7-5-18)39(34,35)13-3-12-36-2/h4-7,14,17H,3,8-13,15-16H2,1-2H3,(H,25,28,33)(H,26,27,29)/b30-22+. The summed E-state index contributed by atoms with van der Waals surface area (Å²) in [5.74, 6) is -0.143. The number of sulfone groups is 1. The molecule has 4 rings (SSSR count). The third-order valence-corrected chi connectivity index (χ3v) is 8.75. The molecule has 13 nitrogen and oxygen atoms in total. The average Bonchev–Trinajstić information content (AvgIpc) is 3.60. The summed E-state index contributed by atoms with van der Waals surface area (Å²) in [7, 11) is 0.149. The maximum atomic E-state index is 13.3. The number of hydrogen-bond acceptors (Lipinski definition) is 12. The van der Waals surface area contributed by atoms with Crippen molar-refractivity contribution in [3.05, 3.63) is 53.1 Å². The predicted molar refractivity (Wildman–Crippen MR) is 146 cm³/mol. The number of nitrogens with zero attached hydrogens (tertiary/aromatic N) is 6. The van der Waals surface area contributed by atoms with Crippen LogP contribution >= 0.6 is 11.3 Å². The van der Waals surface area contributed by atoms with Gasteiger partial charge in [0.2, 0.25) is 0 Å². The van der Waals surface area contributed by atoms with E-state index in [9.17, 15) is 13.2 Å². The van der Waals surface area contributed by atoms with E-state index in [0.717, 1.165) is 37.6 Å². The lowest BCUT2D eigenvalue weighted by Gasteiger charge is -2.31. The van der Waals surface area contributed by atoms with Gasteiger partial charge in [0, 0.05) is 63.1 Å². The van der Waals surface area contributed by atoms with Crippen LogP contribution in [-0.4, -0.2) is 103 Å². The molecule has 210 valence electrons. The van der Waals surface area contributed by atoms with Gasteiger partial charge in [-0.2, -0.15) is 5.10 Å². The molecule has 15 heteroatoms. The van der Waals surface area contributed by atoms with Crippen molar-refractivity contribution in [3.8, 4) is 0 Å². The first-order chi connectivity index (χ1) is 18.8. The monoisotopic (exact) mass is 576 g/mol. The molecule has 39 heavy (non-hydrogen) atoms. The van der Waals surface area contributed by atoms with E-state index in [1.165, 1.54) is 49.0 Å². The summed E-state index contributed by atoms with van der Waals surface area (Å²) in [4.78, 5) is 32.8. The molecule has 0 radical (unpaired) electrons. The summed E-state index contributed by atoms with van der Waals surface area (Å²) in [6.45, 7) is 5.08. The fraction of sp³-hybridized carbons (Fsp3) is 0.458. The fourth-order valence-electron chi connectivity index (χ4n) is 3.84. The molecule has 0 unspecified atom stereocenters. The van der Waals surface area contributed by atoms with Crippen molar-refractivity contribution < 1.29 is 22.8 Å². The number of likely N-dealkylation sites (N-methyl/N-ethyl adjacent to an activating group) is 1. The van der Waals surface area contributed by atoms with Crippen LogP contribution in [0.3, 0.4) is 0 Å². The van der Waals surface area contributed by atoms with E-state index in [-0.39, 0.29) is 23.0 Å². The highest BCUT2D eigenvalue weighted by atomic mass is 32.2. The number of piperazine rings is 1. The van der Waals surface area contributed by atoms with Gasteiger partial charge >= 0.3 is 0 Å². The normalized spacial score (nSPS) is 15.4. The molecule has 2 N–H and O–H groups in total. The second kappa shape index (κ2) is 13.7. The first-order valence-electron chi connectivity index (χ1n) is 12.4. The number of aromatic nitrogens is 4. The number of H-pyrrole nitrogens is 1. The van der Waals surface area contributed by atoms with Crippen LogP contribution in [-0.2, 0) is 37.4 Å². The molecule has 1 amide bonds. The Morgan fingerprint density at radius 2 is 1.95 bits per heavy atom. The molecular weight excluding hydrogens is 544 g/mol. The van der Waals surface area contributed by atoms with Crippen LogP contribution in [0.25, 0.3) is 0 Å². The molecule has 0 aliphatic carbocycles. The average molecular weight is 577 g/mol. The Bertz CT molecular complexity index is 1340. The number of benzene rings is 1. The second-order valence-corrected chi connectivity index (χ2v) is 12.2. The minimum atomic E-state index is -3.49. The Labute approximate surface area is 231 Å². The maximum Gasteiger partial charge on any atom is 0.280 e. The van der Waals surface area contributed by atoms with Crippen LogP contribution in [0.2, 0.25) is 0 Å². The minimum Gasteiger partial charge on any atom is -0.387 e. The van der Waals surface area contributed by atoms with E-state index in [1.54, 1.807) is 6.20 Å². The summed E-state index contributed by atoms with van der Waals surface area (Å²) < 4.78 is 30.2. The van der Waals surface area contributed by atoms with Crippen LogP contribution in [0.1, 0.15) is 22.7 Å². The topological polar surface area (TPSA) is 155 Å². The van der Waals surface area contributed by atoms with Crippen molar-refractivity contribution >= 4 is 37.9 Å². The zero-order valence-corrected chi connectivity index (χ0v) is 23.5. The summed E-state index contributed by atoms with van der Waals surface area (Å²) in [5.41, 5.74) is 0.351. The van der Waals surface area contributed by atoms with E-state index >= 15 is 0 Å². The highest BCUT2D eigenvalue weighted by Gasteiger charge is 2.21. The van der Waals surface area contributed by atoms with E-state index in [1.807, 2.05) is 0 Å². The summed E-state index contributed by atoms with van der Waals surface area (Å²) >= 11 is 1.40. The molecule has 0 saturated carbocycles. The van der Waals surface area contributed by atoms with E-state index in [4.69, 9.17) is 9.57 Å². The minimum absolute atomic E-state index is 0.0326. The molecule has 3 heterocycles. The van der Waals surface area contributed by atoms with Gasteiger partial charge in [0.05, 0.1) is 10.6 Å². The van der Waals surface area contributed by atoms with Crippen LogP contribution < -0.4 is 5.32 Å². The zero-order chi connectivity index (χ0) is 27.7. The molecule has 2 aromatic heterocycles. The largest absolute Gasteiger partial charge is 0.387 e. The van der Waals surface area contributed by atoms with Gasteiger partial charge in [0.15, 0.2) is 33.1 Å². The maximum absolute atomic E-state index is 13.3. The quantitative estimate of drug-likeness (QED) is 0.173. The Morgan fingerprint density at radius 1 is 1.18 bits per heavy atom. The predicted octanol–water partition coefficient (Wildman–Crippen LogP) is 1.38. The Kier molecular flexibility index (Phi) is 10.1. The number of thiazole rings is 1. The van der Waals surface area contributed by atoms with Crippen LogP contribution in [0.4, 0.5) is 5.13 Å². The molecule has 0 spiro atoms. The molecule has 0 bridgehead atoms. The highest BCUT2D eigenvalue weighted by Crippen LogP contribution is 2.21. The number of oxime groups is 1. The van der Waals surface area contributed by atoms with Crippen molar-refractivity contribution in [2.75, 3.05) is 58.0 Å². The van der Waals surface area contributed by atoms with Crippen LogP contribution in [0, 0.1) is 0 Å². The van der Waals surface area contributed by atoms with Gasteiger partial charge in [-0.05, 0) is 25.6 Å². The van der Waals surface area contributed by atoms with Gasteiger partial charge in [-0.3, -0.25) is 20.1 Å². The number of carbonyl (C=O) groups excluding carboxylic acids is 1. The lowest BCUT2D eigenvalue weighted by Crippen LogP contribution is -2.43. The Morgan fingerprint density at radius 3 is 2.64 bits per heavy atom. The summed E-state index contributed by atoms with van der Waals surface area (Å²) in [6.07, 6.45) is 3.48. The van der Waals surface area contributed by atoms with E-state index < -0.39 is 15.7 Å². The van der Waals surface area contributed by atoms with E-state index in [2.05, 4.69) is 47.5 Å². The van der Waals surface area contributed by atoms with Crippen molar-refractivity contribution in [1.29, 1.82) is 0 Å². The molecule has 1 fully saturated rings. The zero-order valence-electron chi connectivity index (χ0n) is 21.9. The highest BCUT2D eigenvalue weighted by molar-refractivity contribution is 7.91. The number of carbonyl (C=O) groups is 1. The van der Waals surface area contributed by atoms with Crippen molar-refractivity contribution in [2.24, 2.45) is 5.16 Å². The number of anilines is 1. The van der Waals surface area contributed by atoms with Gasteiger partial charge in [-0.15, -0.1) is 11.3 Å². The summed E-state index contributed by atoms with van der Waals surface area (Å²) in [5, 5.41) is 13.7. The van der Waals surface area contributed by atoms with Gasteiger partial charge in [0.1, 0.15) is 6.33 Å². The number of ether oxygens (including phenoxy) is 1. The van der Waals surface area contributed by atoms with Gasteiger partial charge in [-0.25, -0.2) is 18.4 Å². The van der Waals surface area contributed by atoms with E-state index in [0.29, 0.717) is 29.5 Å².